The molecule has 2 aromatic rings. The third-order valence-corrected chi connectivity index (χ3v) is 4.50. The van der Waals surface area contributed by atoms with E-state index in [1.807, 2.05) is 4.90 Å². The zero-order valence-corrected chi connectivity index (χ0v) is 15.0. The summed E-state index contributed by atoms with van der Waals surface area (Å²) in [6, 6.07) is 3.36. The Morgan fingerprint density at radius 3 is 2.96 bits per heavy atom. The molecule has 1 aliphatic rings. The van der Waals surface area contributed by atoms with Gasteiger partial charge in [-0.05, 0) is 25.0 Å². The average molecular weight is 357 g/mol. The van der Waals surface area contributed by atoms with Crippen molar-refractivity contribution >= 4 is 11.7 Å². The van der Waals surface area contributed by atoms with E-state index in [1.165, 1.54) is 12.0 Å². The molecule has 0 unspecified atom stereocenters. The molecule has 1 fully saturated rings. The summed E-state index contributed by atoms with van der Waals surface area (Å²) in [6.45, 7) is 1.41. The molecule has 0 radical (unpaired) electrons. The highest BCUT2D eigenvalue weighted by Gasteiger charge is 2.36. The fourth-order valence-corrected chi connectivity index (χ4v) is 3.33. The summed E-state index contributed by atoms with van der Waals surface area (Å²) >= 11 is 0. The minimum Gasteiger partial charge on any atom is -0.480 e. The average Bonchev–Trinajstić information content (AvgIpc) is 2.67. The van der Waals surface area contributed by atoms with E-state index in [2.05, 4.69) is 15.0 Å². The van der Waals surface area contributed by atoms with Crippen molar-refractivity contribution < 1.29 is 14.6 Å². The summed E-state index contributed by atoms with van der Waals surface area (Å²) in [6.07, 6.45) is 7.93. The van der Waals surface area contributed by atoms with Crippen molar-refractivity contribution in [3.63, 3.8) is 0 Å². The van der Waals surface area contributed by atoms with Gasteiger partial charge in [-0.3, -0.25) is 9.78 Å². The molecule has 0 bridgehead atoms. The minimum atomic E-state index is -1.02. The van der Waals surface area contributed by atoms with E-state index in [0.29, 0.717) is 18.5 Å². The quantitative estimate of drug-likeness (QED) is 0.853. The lowest BCUT2D eigenvalue weighted by atomic mass is 9.92. The molecule has 0 aliphatic carbocycles. The van der Waals surface area contributed by atoms with Crippen LogP contribution in [0.15, 0.2) is 36.9 Å². The number of aliphatic hydroxyl groups is 1. The standard InChI is InChI=1S/C18H23N5O3/c1-22(17(24)14-5-3-7-21-16(14)26-2)12-18(25)6-4-10-23(13-18)15-11-19-8-9-20-15/h3,5,7-9,11,25H,4,6,10,12-13H2,1-2H3/t18-/m0/s1. The van der Waals surface area contributed by atoms with Crippen LogP contribution in [0.5, 0.6) is 5.88 Å². The van der Waals surface area contributed by atoms with Gasteiger partial charge in [-0.25, -0.2) is 9.97 Å². The first-order valence-electron chi connectivity index (χ1n) is 8.50. The van der Waals surface area contributed by atoms with Gasteiger partial charge >= 0.3 is 0 Å². The van der Waals surface area contributed by atoms with Crippen LogP contribution in [0.2, 0.25) is 0 Å². The van der Waals surface area contributed by atoms with Crippen LogP contribution < -0.4 is 9.64 Å². The van der Waals surface area contributed by atoms with Crippen LogP contribution in [-0.4, -0.2) is 70.3 Å². The second kappa shape index (κ2) is 7.65. The second-order valence-electron chi connectivity index (χ2n) is 6.53. The molecule has 0 saturated carbocycles. The number of hydrogen-bond acceptors (Lipinski definition) is 7. The monoisotopic (exact) mass is 357 g/mol. The molecular weight excluding hydrogens is 334 g/mol. The van der Waals surface area contributed by atoms with E-state index in [4.69, 9.17) is 4.74 Å². The first-order chi connectivity index (χ1) is 12.5. The third-order valence-electron chi connectivity index (χ3n) is 4.50. The van der Waals surface area contributed by atoms with Crippen LogP contribution in [0.1, 0.15) is 23.2 Å². The molecule has 1 atom stereocenters. The van der Waals surface area contributed by atoms with Crippen LogP contribution in [-0.2, 0) is 0 Å². The van der Waals surface area contributed by atoms with Gasteiger partial charge in [0.25, 0.3) is 5.91 Å². The van der Waals surface area contributed by atoms with Crippen LogP contribution >= 0.6 is 0 Å². The maximum Gasteiger partial charge on any atom is 0.259 e. The lowest BCUT2D eigenvalue weighted by molar-refractivity contribution is -0.000242. The number of β-amino-alcohol motifs (C(OH)–C–C–N with tert-alkyl or cyclic N) is 1. The molecule has 3 heterocycles. The number of carbonyl (C=O) groups excluding carboxylic acids is 1. The number of carbonyl (C=O) groups is 1. The van der Waals surface area contributed by atoms with Gasteiger partial charge in [0.1, 0.15) is 11.4 Å². The van der Waals surface area contributed by atoms with Gasteiger partial charge < -0.3 is 19.6 Å². The Balaban J connectivity index is 1.71. The zero-order chi connectivity index (χ0) is 18.6. The van der Waals surface area contributed by atoms with Crippen molar-refractivity contribution in [2.24, 2.45) is 0 Å². The highest BCUT2D eigenvalue weighted by Crippen LogP contribution is 2.26. The van der Waals surface area contributed by atoms with E-state index in [1.54, 1.807) is 44.0 Å². The molecule has 2 aromatic heterocycles. The molecule has 8 nitrogen and oxygen atoms in total. The van der Waals surface area contributed by atoms with Crippen molar-refractivity contribution in [2.75, 3.05) is 38.7 Å². The van der Waals surface area contributed by atoms with Gasteiger partial charge in [0, 0.05) is 38.7 Å². The molecule has 138 valence electrons. The molecular formula is C18H23N5O3. The number of hydrogen-bond donors (Lipinski definition) is 1. The SMILES string of the molecule is COc1ncccc1C(=O)N(C)C[C@@]1(O)CCCN(c2cnccn2)C1. The maximum absolute atomic E-state index is 12.8. The molecule has 0 spiro atoms. The van der Waals surface area contributed by atoms with Crippen LogP contribution in [0.25, 0.3) is 0 Å². The lowest BCUT2D eigenvalue weighted by Gasteiger charge is -2.41. The van der Waals surface area contributed by atoms with Crippen molar-refractivity contribution in [3.8, 4) is 5.88 Å². The van der Waals surface area contributed by atoms with Crippen molar-refractivity contribution in [2.45, 2.75) is 18.4 Å². The fraction of sp³-hybridized carbons (Fsp3) is 0.444. The lowest BCUT2D eigenvalue weighted by Crippen LogP contribution is -2.55. The highest BCUT2D eigenvalue weighted by atomic mass is 16.5. The molecule has 3 rings (SSSR count). The van der Waals surface area contributed by atoms with Gasteiger partial charge in [0.2, 0.25) is 5.88 Å². The van der Waals surface area contributed by atoms with Gasteiger partial charge in [-0.2, -0.15) is 0 Å². The summed E-state index contributed by atoms with van der Waals surface area (Å²) in [4.78, 5) is 28.7. The molecule has 0 aromatic carbocycles. The predicted octanol–water partition coefficient (Wildman–Crippen LogP) is 0.984. The first-order valence-corrected chi connectivity index (χ1v) is 8.50. The number of amides is 1. The summed E-state index contributed by atoms with van der Waals surface area (Å²) in [7, 11) is 3.15. The Kier molecular flexibility index (Phi) is 5.32. The summed E-state index contributed by atoms with van der Waals surface area (Å²) in [5, 5.41) is 11.1. The number of nitrogens with zero attached hydrogens (tertiary/aromatic N) is 5. The molecule has 1 N–H and O–H groups in total. The second-order valence-corrected chi connectivity index (χ2v) is 6.53. The Morgan fingerprint density at radius 2 is 2.23 bits per heavy atom. The smallest absolute Gasteiger partial charge is 0.259 e. The zero-order valence-electron chi connectivity index (χ0n) is 15.0. The van der Waals surface area contributed by atoms with E-state index in [0.717, 1.165) is 18.8 Å². The Labute approximate surface area is 152 Å². The van der Waals surface area contributed by atoms with Crippen LogP contribution in [0, 0.1) is 0 Å². The largest absolute Gasteiger partial charge is 0.480 e. The number of piperidine rings is 1. The molecule has 1 amide bonds. The Hall–Kier alpha value is -2.74. The normalized spacial score (nSPS) is 19.9. The minimum absolute atomic E-state index is 0.209. The summed E-state index contributed by atoms with van der Waals surface area (Å²) < 4.78 is 5.16. The first kappa shape index (κ1) is 18.1. The molecule has 1 saturated heterocycles. The number of likely N-dealkylation sites (N-methyl/N-ethyl adjacent to an activating group) is 1. The van der Waals surface area contributed by atoms with Crippen molar-refractivity contribution in [1.29, 1.82) is 0 Å². The topological polar surface area (TPSA) is 91.7 Å². The number of anilines is 1. The van der Waals surface area contributed by atoms with E-state index < -0.39 is 5.60 Å². The summed E-state index contributed by atoms with van der Waals surface area (Å²) in [5.41, 5.74) is -0.641. The van der Waals surface area contributed by atoms with Crippen LogP contribution in [0.3, 0.4) is 0 Å². The third kappa shape index (κ3) is 3.91. The Morgan fingerprint density at radius 1 is 1.38 bits per heavy atom. The van der Waals surface area contributed by atoms with Gasteiger partial charge in [0.15, 0.2) is 0 Å². The van der Waals surface area contributed by atoms with E-state index in [-0.39, 0.29) is 18.3 Å². The van der Waals surface area contributed by atoms with Crippen molar-refractivity contribution in [3.05, 3.63) is 42.5 Å². The van der Waals surface area contributed by atoms with Crippen molar-refractivity contribution in [1.82, 2.24) is 19.9 Å². The fourth-order valence-electron chi connectivity index (χ4n) is 3.33. The highest BCUT2D eigenvalue weighted by molar-refractivity contribution is 5.96. The van der Waals surface area contributed by atoms with E-state index >= 15 is 0 Å². The van der Waals surface area contributed by atoms with Crippen LogP contribution in [0.4, 0.5) is 5.82 Å². The number of pyridine rings is 1. The number of methoxy groups -OCH3 is 1. The van der Waals surface area contributed by atoms with Gasteiger partial charge in [-0.15, -0.1) is 0 Å². The van der Waals surface area contributed by atoms with E-state index in [9.17, 15) is 9.90 Å². The summed E-state index contributed by atoms with van der Waals surface area (Å²) in [5.74, 6) is 0.773. The number of aromatic nitrogens is 3. The molecule has 1 aliphatic heterocycles. The Bertz CT molecular complexity index is 758. The number of ether oxygens (including phenoxy) is 1. The van der Waals surface area contributed by atoms with Gasteiger partial charge in [-0.1, -0.05) is 0 Å². The number of rotatable bonds is 5. The van der Waals surface area contributed by atoms with Gasteiger partial charge in [0.05, 0.1) is 25.5 Å². The predicted molar refractivity (Wildman–Crippen MR) is 96.2 cm³/mol. The molecule has 26 heavy (non-hydrogen) atoms. The maximum atomic E-state index is 12.8. The molecule has 8 heteroatoms.